The lowest BCUT2D eigenvalue weighted by Gasteiger charge is -2.17. The van der Waals surface area contributed by atoms with Crippen LogP contribution in [0.3, 0.4) is 0 Å². The molecule has 1 atom stereocenters. The minimum absolute atomic E-state index is 0.0299. The van der Waals surface area contributed by atoms with Crippen molar-refractivity contribution in [3.63, 3.8) is 0 Å². The summed E-state index contributed by atoms with van der Waals surface area (Å²) in [6, 6.07) is 6.35. The molecule has 0 spiro atoms. The van der Waals surface area contributed by atoms with Crippen LogP contribution < -0.4 is 0 Å². The summed E-state index contributed by atoms with van der Waals surface area (Å²) in [5.74, 6) is -1.61. The monoisotopic (exact) mass is 204 g/mol. The summed E-state index contributed by atoms with van der Waals surface area (Å²) >= 11 is 0. The molecule has 1 aromatic rings. The highest BCUT2D eigenvalue weighted by atomic mass is 16.4. The Morgan fingerprint density at radius 2 is 1.80 bits per heavy atom. The highest BCUT2D eigenvalue weighted by molar-refractivity contribution is 6.22. The Morgan fingerprint density at radius 3 is 2.40 bits per heavy atom. The van der Waals surface area contributed by atoms with Crippen LogP contribution in [0.5, 0.6) is 0 Å². The molecule has 15 heavy (non-hydrogen) atoms. The highest BCUT2D eigenvalue weighted by Crippen LogP contribution is 2.26. The number of fused-ring (bicyclic) bond motifs is 1. The molecular weight excluding hydrogens is 196 g/mol. The van der Waals surface area contributed by atoms with Gasteiger partial charge in [-0.2, -0.15) is 0 Å². The summed E-state index contributed by atoms with van der Waals surface area (Å²) in [6.45, 7) is 0. The second-order valence-electron chi connectivity index (χ2n) is 3.24. The lowest BCUT2D eigenvalue weighted by atomic mass is 9.88. The van der Waals surface area contributed by atoms with Crippen LogP contribution in [-0.4, -0.2) is 28.1 Å². The quantitative estimate of drug-likeness (QED) is 0.706. The van der Waals surface area contributed by atoms with E-state index in [2.05, 4.69) is 0 Å². The molecule has 4 nitrogen and oxygen atoms in total. The fourth-order valence-corrected chi connectivity index (χ4v) is 1.60. The van der Waals surface area contributed by atoms with Gasteiger partial charge >= 0.3 is 5.97 Å². The summed E-state index contributed by atoms with van der Waals surface area (Å²) in [5, 5.41) is 18.3. The lowest BCUT2D eigenvalue weighted by molar-refractivity contribution is -0.130. The maximum Gasteiger partial charge on any atom is 0.336 e. The van der Waals surface area contributed by atoms with Crippen molar-refractivity contribution in [2.45, 2.75) is 6.10 Å². The maximum atomic E-state index is 11.5. The van der Waals surface area contributed by atoms with Crippen LogP contribution in [0.4, 0.5) is 0 Å². The molecule has 1 aromatic carbocycles. The van der Waals surface area contributed by atoms with Gasteiger partial charge < -0.3 is 10.2 Å². The van der Waals surface area contributed by atoms with Crippen molar-refractivity contribution < 1.29 is 19.8 Å². The van der Waals surface area contributed by atoms with Crippen LogP contribution in [0.15, 0.2) is 30.3 Å². The Labute approximate surface area is 85.5 Å². The van der Waals surface area contributed by atoms with Crippen molar-refractivity contribution in [3.8, 4) is 0 Å². The Bertz CT molecular complexity index is 473. The molecule has 1 unspecified atom stereocenters. The van der Waals surface area contributed by atoms with E-state index in [1.807, 2.05) is 0 Å². The third kappa shape index (κ3) is 1.45. The molecule has 2 N–H and O–H groups in total. The number of aliphatic carboxylic acids is 1. The van der Waals surface area contributed by atoms with E-state index < -0.39 is 17.9 Å². The van der Waals surface area contributed by atoms with E-state index in [1.54, 1.807) is 18.2 Å². The first-order valence-corrected chi connectivity index (χ1v) is 4.38. The molecule has 0 saturated carbocycles. The molecule has 0 amide bonds. The van der Waals surface area contributed by atoms with Gasteiger partial charge in [-0.25, -0.2) is 4.79 Å². The van der Waals surface area contributed by atoms with Gasteiger partial charge in [-0.3, -0.25) is 4.79 Å². The molecule has 0 fully saturated rings. The third-order valence-corrected chi connectivity index (χ3v) is 2.31. The largest absolute Gasteiger partial charge is 0.478 e. The first-order valence-electron chi connectivity index (χ1n) is 4.38. The summed E-state index contributed by atoms with van der Waals surface area (Å²) in [6.07, 6.45) is -0.293. The van der Waals surface area contributed by atoms with E-state index >= 15 is 0 Å². The van der Waals surface area contributed by atoms with Gasteiger partial charge in [-0.1, -0.05) is 24.3 Å². The van der Waals surface area contributed by atoms with Gasteiger partial charge in [0, 0.05) is 5.56 Å². The molecular formula is C11H8O4. The minimum Gasteiger partial charge on any atom is -0.478 e. The molecule has 2 rings (SSSR count). The number of Topliss-reactive ketones (excluding diaryl/α,β-unsaturated/α-hetero) is 1. The minimum atomic E-state index is -1.36. The maximum absolute atomic E-state index is 11.5. The number of rotatable bonds is 1. The smallest absolute Gasteiger partial charge is 0.336 e. The number of carbonyl (C=O) groups excluding carboxylic acids is 1. The van der Waals surface area contributed by atoms with Gasteiger partial charge in [-0.15, -0.1) is 0 Å². The van der Waals surface area contributed by atoms with Gasteiger partial charge in [0.2, 0.25) is 0 Å². The summed E-state index contributed by atoms with van der Waals surface area (Å²) in [7, 11) is 0. The number of hydrogen-bond acceptors (Lipinski definition) is 3. The Kier molecular flexibility index (Phi) is 2.13. The predicted molar refractivity (Wildman–Crippen MR) is 52.4 cm³/mol. The first kappa shape index (κ1) is 9.61. The number of hydrogen-bond donors (Lipinski definition) is 2. The molecule has 0 saturated heterocycles. The number of carbonyl (C=O) groups is 2. The Balaban J connectivity index is 2.66. The van der Waals surface area contributed by atoms with Crippen LogP contribution in [0.1, 0.15) is 15.9 Å². The van der Waals surface area contributed by atoms with Gasteiger partial charge in [0.05, 0.1) is 5.57 Å². The standard InChI is InChI=1S/C11H8O4/c12-9-5-8(11(14)15)6-3-1-2-4-7(6)10(9)13/h1-5,9,12H,(H,14,15). The number of aliphatic hydroxyl groups excluding tert-OH is 1. The van der Waals surface area contributed by atoms with Crippen molar-refractivity contribution in [1.29, 1.82) is 0 Å². The zero-order valence-electron chi connectivity index (χ0n) is 7.68. The van der Waals surface area contributed by atoms with Crippen LogP contribution >= 0.6 is 0 Å². The first-order chi connectivity index (χ1) is 7.11. The van der Waals surface area contributed by atoms with Crippen molar-refractivity contribution in [1.82, 2.24) is 0 Å². The number of aliphatic hydroxyl groups is 1. The van der Waals surface area contributed by atoms with Crippen molar-refractivity contribution in [3.05, 3.63) is 41.5 Å². The Hall–Kier alpha value is -1.94. The van der Waals surface area contributed by atoms with Crippen LogP contribution in [-0.2, 0) is 4.79 Å². The number of carboxylic acid groups (broad SMARTS) is 1. The molecule has 0 aromatic heterocycles. The second kappa shape index (κ2) is 3.33. The van der Waals surface area contributed by atoms with E-state index in [1.165, 1.54) is 6.07 Å². The molecule has 0 radical (unpaired) electrons. The molecule has 1 aliphatic rings. The van der Waals surface area contributed by atoms with Crippen molar-refractivity contribution in [2.75, 3.05) is 0 Å². The van der Waals surface area contributed by atoms with E-state index in [-0.39, 0.29) is 11.1 Å². The SMILES string of the molecule is O=C(O)C1=CC(O)C(=O)c2ccccc21. The fourth-order valence-electron chi connectivity index (χ4n) is 1.60. The average molecular weight is 204 g/mol. The number of carboxylic acids is 1. The van der Waals surface area contributed by atoms with Crippen LogP contribution in [0.25, 0.3) is 5.57 Å². The highest BCUT2D eigenvalue weighted by Gasteiger charge is 2.28. The molecule has 0 bridgehead atoms. The van der Waals surface area contributed by atoms with Gasteiger partial charge in [0.15, 0.2) is 5.78 Å². The summed E-state index contributed by atoms with van der Waals surface area (Å²) < 4.78 is 0. The molecule has 4 heteroatoms. The van der Waals surface area contributed by atoms with Crippen LogP contribution in [0, 0.1) is 0 Å². The second-order valence-corrected chi connectivity index (χ2v) is 3.24. The van der Waals surface area contributed by atoms with E-state index in [9.17, 15) is 14.7 Å². The fraction of sp³-hybridized carbons (Fsp3) is 0.0909. The number of benzene rings is 1. The summed E-state index contributed by atoms with van der Waals surface area (Å²) in [5.41, 5.74) is 0.586. The molecule has 0 heterocycles. The third-order valence-electron chi connectivity index (χ3n) is 2.31. The van der Waals surface area contributed by atoms with Crippen molar-refractivity contribution >= 4 is 17.3 Å². The summed E-state index contributed by atoms with van der Waals surface area (Å²) in [4.78, 5) is 22.4. The zero-order chi connectivity index (χ0) is 11.0. The molecule has 0 aliphatic heterocycles. The normalized spacial score (nSPS) is 19.4. The number of ketones is 1. The van der Waals surface area contributed by atoms with Gasteiger partial charge in [0.25, 0.3) is 0 Å². The van der Waals surface area contributed by atoms with E-state index in [4.69, 9.17) is 5.11 Å². The van der Waals surface area contributed by atoms with Crippen molar-refractivity contribution in [2.24, 2.45) is 0 Å². The Morgan fingerprint density at radius 1 is 1.20 bits per heavy atom. The van der Waals surface area contributed by atoms with Gasteiger partial charge in [-0.05, 0) is 11.6 Å². The lowest BCUT2D eigenvalue weighted by Crippen LogP contribution is -2.25. The van der Waals surface area contributed by atoms with E-state index in [0.29, 0.717) is 5.56 Å². The molecule has 1 aliphatic carbocycles. The van der Waals surface area contributed by atoms with Crippen LogP contribution in [0.2, 0.25) is 0 Å². The van der Waals surface area contributed by atoms with Gasteiger partial charge in [0.1, 0.15) is 6.10 Å². The predicted octanol–water partition coefficient (Wildman–Crippen LogP) is 0.712. The topological polar surface area (TPSA) is 74.6 Å². The molecule has 76 valence electrons. The zero-order valence-corrected chi connectivity index (χ0v) is 7.68. The average Bonchev–Trinajstić information content (AvgIpc) is 2.23. The van der Waals surface area contributed by atoms with E-state index in [0.717, 1.165) is 6.08 Å².